The first-order valence-corrected chi connectivity index (χ1v) is 10.9. The topological polar surface area (TPSA) is 119 Å². The van der Waals surface area contributed by atoms with Crippen LogP contribution in [0.3, 0.4) is 0 Å². The van der Waals surface area contributed by atoms with Crippen molar-refractivity contribution in [2.45, 2.75) is 38.8 Å². The van der Waals surface area contributed by atoms with Crippen molar-refractivity contribution < 1.29 is 18.7 Å². The predicted octanol–water partition coefficient (Wildman–Crippen LogP) is 1.99. The molecule has 34 heavy (non-hydrogen) atoms. The lowest BCUT2D eigenvalue weighted by Crippen LogP contribution is -2.49. The fourth-order valence-electron chi connectivity index (χ4n) is 4.31. The third-order valence-corrected chi connectivity index (χ3v) is 6.17. The first kappa shape index (κ1) is 22.0. The highest BCUT2D eigenvalue weighted by molar-refractivity contribution is 5.92. The number of rotatable bonds is 4. The zero-order chi connectivity index (χ0) is 24.0. The highest BCUT2D eigenvalue weighted by Gasteiger charge is 2.36. The van der Waals surface area contributed by atoms with Gasteiger partial charge in [0.2, 0.25) is 5.76 Å². The van der Waals surface area contributed by atoms with Gasteiger partial charge in [0, 0.05) is 20.0 Å². The van der Waals surface area contributed by atoms with Crippen molar-refractivity contribution in [3.05, 3.63) is 70.3 Å². The van der Waals surface area contributed by atoms with Crippen molar-refractivity contribution in [3.8, 4) is 5.69 Å². The number of halogens is 1. The van der Waals surface area contributed by atoms with Crippen LogP contribution in [0.4, 0.5) is 4.39 Å². The first-order chi connectivity index (χ1) is 16.2. The van der Waals surface area contributed by atoms with Crippen molar-refractivity contribution in [2.75, 3.05) is 13.1 Å². The molecule has 1 fully saturated rings. The summed E-state index contributed by atoms with van der Waals surface area (Å²) in [5.74, 6) is 0.0163. The molecule has 4 heterocycles. The van der Waals surface area contributed by atoms with Gasteiger partial charge in [-0.3, -0.25) is 14.2 Å². The minimum absolute atomic E-state index is 0.0407. The summed E-state index contributed by atoms with van der Waals surface area (Å²) in [6, 6.07) is 5.71. The van der Waals surface area contributed by atoms with Gasteiger partial charge in [0.05, 0.1) is 29.7 Å². The number of hydrogen-bond donors (Lipinski definition) is 1. The van der Waals surface area contributed by atoms with Gasteiger partial charge in [-0.25, -0.2) is 19.0 Å². The Morgan fingerprint density at radius 1 is 1.21 bits per heavy atom. The summed E-state index contributed by atoms with van der Waals surface area (Å²) >= 11 is 0. The van der Waals surface area contributed by atoms with Crippen molar-refractivity contribution >= 4 is 16.9 Å². The SMILES string of the molecule is Cc1nc(C)c(C(=O)N2CCC(O)(Cn3cnc4c(cnn4-c4ccc(F)cc4)c3=O)CC2)o1. The summed E-state index contributed by atoms with van der Waals surface area (Å²) < 4.78 is 21.5. The lowest BCUT2D eigenvalue weighted by Gasteiger charge is -2.38. The normalized spacial score (nSPS) is 15.7. The Bertz CT molecular complexity index is 1430. The van der Waals surface area contributed by atoms with Gasteiger partial charge >= 0.3 is 0 Å². The number of carbonyl (C=O) groups is 1. The van der Waals surface area contributed by atoms with Crippen LogP contribution in [0.1, 0.15) is 35.0 Å². The first-order valence-electron chi connectivity index (χ1n) is 10.9. The molecule has 10 nitrogen and oxygen atoms in total. The molecule has 4 aromatic rings. The van der Waals surface area contributed by atoms with Crippen molar-refractivity contribution in [3.63, 3.8) is 0 Å². The molecule has 0 unspecified atom stereocenters. The van der Waals surface area contributed by atoms with Crippen molar-refractivity contribution in [1.82, 2.24) is 29.2 Å². The van der Waals surface area contributed by atoms with Gasteiger partial charge in [0.25, 0.3) is 11.5 Å². The maximum Gasteiger partial charge on any atom is 0.291 e. The molecule has 1 aromatic carbocycles. The molecule has 1 aliphatic rings. The number of likely N-dealkylation sites (tertiary alicyclic amines) is 1. The lowest BCUT2D eigenvalue weighted by molar-refractivity contribution is -0.0305. The summed E-state index contributed by atoms with van der Waals surface area (Å²) in [6.45, 7) is 4.09. The number of carbonyl (C=O) groups excluding carboxylic acids is 1. The maximum atomic E-state index is 13.2. The average molecular weight is 466 g/mol. The van der Waals surface area contributed by atoms with Crippen molar-refractivity contribution in [2.24, 2.45) is 0 Å². The van der Waals surface area contributed by atoms with E-state index in [0.717, 1.165) is 0 Å². The van der Waals surface area contributed by atoms with E-state index in [0.29, 0.717) is 54.2 Å². The van der Waals surface area contributed by atoms with Crippen LogP contribution in [0.2, 0.25) is 0 Å². The van der Waals surface area contributed by atoms with E-state index in [-0.39, 0.29) is 29.6 Å². The van der Waals surface area contributed by atoms with E-state index >= 15 is 0 Å². The maximum absolute atomic E-state index is 13.2. The predicted molar refractivity (Wildman–Crippen MR) is 119 cm³/mol. The van der Waals surface area contributed by atoms with Crippen LogP contribution < -0.4 is 5.56 Å². The van der Waals surface area contributed by atoms with Gasteiger partial charge in [0.15, 0.2) is 11.5 Å². The largest absolute Gasteiger partial charge is 0.436 e. The molecule has 1 saturated heterocycles. The van der Waals surface area contributed by atoms with Crippen LogP contribution in [-0.2, 0) is 6.54 Å². The number of piperidine rings is 1. The van der Waals surface area contributed by atoms with E-state index < -0.39 is 5.60 Å². The Labute approximate surface area is 193 Å². The minimum Gasteiger partial charge on any atom is -0.436 e. The molecule has 0 bridgehead atoms. The number of amides is 1. The summed E-state index contributed by atoms with van der Waals surface area (Å²) in [4.78, 5) is 35.9. The number of aromatic nitrogens is 5. The second kappa shape index (κ2) is 8.17. The number of benzene rings is 1. The zero-order valence-corrected chi connectivity index (χ0v) is 18.7. The highest BCUT2D eigenvalue weighted by Crippen LogP contribution is 2.26. The van der Waals surface area contributed by atoms with E-state index in [2.05, 4.69) is 15.1 Å². The number of hydrogen-bond acceptors (Lipinski definition) is 7. The molecule has 3 aromatic heterocycles. The van der Waals surface area contributed by atoms with E-state index in [1.54, 1.807) is 30.9 Å². The molecule has 1 amide bonds. The summed E-state index contributed by atoms with van der Waals surface area (Å²) in [5.41, 5.74) is -0.0460. The van der Waals surface area contributed by atoms with Gasteiger partial charge in [-0.05, 0) is 44.0 Å². The van der Waals surface area contributed by atoms with Gasteiger partial charge in [0.1, 0.15) is 17.5 Å². The van der Waals surface area contributed by atoms with Gasteiger partial charge in [-0.1, -0.05) is 0 Å². The average Bonchev–Trinajstić information content (AvgIpc) is 3.39. The quantitative estimate of drug-likeness (QED) is 0.489. The van der Waals surface area contributed by atoms with Gasteiger partial charge < -0.3 is 14.4 Å². The highest BCUT2D eigenvalue weighted by atomic mass is 19.1. The molecule has 0 atom stereocenters. The second-order valence-corrected chi connectivity index (χ2v) is 8.61. The van der Waals surface area contributed by atoms with Crippen LogP contribution >= 0.6 is 0 Å². The molecule has 11 heteroatoms. The molecule has 0 radical (unpaired) electrons. The van der Waals surface area contributed by atoms with Crippen LogP contribution in [0, 0.1) is 19.7 Å². The fourth-order valence-corrected chi connectivity index (χ4v) is 4.31. The molecule has 0 aliphatic carbocycles. The molecule has 1 N–H and O–H groups in total. The minimum atomic E-state index is -1.17. The number of aliphatic hydroxyl groups is 1. The summed E-state index contributed by atoms with van der Waals surface area (Å²) in [5, 5.41) is 15.7. The van der Waals surface area contributed by atoms with Crippen molar-refractivity contribution in [1.29, 1.82) is 0 Å². The molecule has 5 rings (SSSR count). The standard InChI is InChI=1S/C23H23FN6O4/c1-14-19(34-15(2)27-14)22(32)28-9-7-23(33,8-10-28)12-29-13-25-20-18(21(29)31)11-26-30(20)17-5-3-16(24)4-6-17/h3-6,11,13,33H,7-10,12H2,1-2H3. The van der Waals surface area contributed by atoms with Crippen LogP contribution in [0.15, 0.2) is 46.0 Å². The van der Waals surface area contributed by atoms with E-state index in [9.17, 15) is 19.1 Å². The lowest BCUT2D eigenvalue weighted by atomic mass is 9.91. The Hall–Kier alpha value is -3.86. The van der Waals surface area contributed by atoms with Gasteiger partial charge in [-0.2, -0.15) is 5.10 Å². The third kappa shape index (κ3) is 3.87. The molecule has 0 spiro atoms. The number of nitrogens with zero attached hydrogens (tertiary/aromatic N) is 6. The third-order valence-electron chi connectivity index (χ3n) is 6.17. The Morgan fingerprint density at radius 3 is 2.56 bits per heavy atom. The Morgan fingerprint density at radius 2 is 1.91 bits per heavy atom. The number of fused-ring (bicyclic) bond motifs is 1. The Balaban J connectivity index is 1.33. The van der Waals surface area contributed by atoms with Gasteiger partial charge in [-0.15, -0.1) is 0 Å². The molecule has 176 valence electrons. The monoisotopic (exact) mass is 466 g/mol. The Kier molecular flexibility index (Phi) is 5.28. The van der Waals surface area contributed by atoms with E-state index in [4.69, 9.17) is 4.42 Å². The van der Waals surface area contributed by atoms with E-state index in [1.165, 1.54) is 33.9 Å². The molecular formula is C23H23FN6O4. The molecule has 1 aliphatic heterocycles. The fraction of sp³-hybridized carbons (Fsp3) is 0.348. The zero-order valence-electron chi connectivity index (χ0n) is 18.7. The number of oxazole rings is 1. The number of aryl methyl sites for hydroxylation is 2. The summed E-state index contributed by atoms with van der Waals surface area (Å²) in [7, 11) is 0. The molecule has 0 saturated carbocycles. The van der Waals surface area contributed by atoms with Crippen LogP contribution in [0.5, 0.6) is 0 Å². The second-order valence-electron chi connectivity index (χ2n) is 8.61. The van der Waals surface area contributed by atoms with Crippen LogP contribution in [-0.4, -0.2) is 58.9 Å². The summed E-state index contributed by atoms with van der Waals surface area (Å²) in [6.07, 6.45) is 3.38. The molecular weight excluding hydrogens is 443 g/mol. The van der Waals surface area contributed by atoms with Crippen LogP contribution in [0.25, 0.3) is 16.7 Å². The van der Waals surface area contributed by atoms with E-state index in [1.807, 2.05) is 0 Å². The smallest absolute Gasteiger partial charge is 0.291 e.